The summed E-state index contributed by atoms with van der Waals surface area (Å²) in [6.07, 6.45) is 18.1. The highest BCUT2D eigenvalue weighted by Crippen LogP contribution is 2.35. The van der Waals surface area contributed by atoms with Gasteiger partial charge in [-0.3, -0.25) is 0 Å². The van der Waals surface area contributed by atoms with E-state index in [2.05, 4.69) is 37.1 Å². The zero-order chi connectivity index (χ0) is 12.1. The third-order valence-corrected chi connectivity index (χ3v) is 4.44. The summed E-state index contributed by atoms with van der Waals surface area (Å²) in [5, 5.41) is 0. The summed E-state index contributed by atoms with van der Waals surface area (Å²) >= 11 is 0. The molecule has 1 saturated heterocycles. The van der Waals surface area contributed by atoms with Crippen LogP contribution in [0.5, 0.6) is 0 Å². The van der Waals surface area contributed by atoms with Crippen molar-refractivity contribution in [1.29, 1.82) is 0 Å². The van der Waals surface area contributed by atoms with Crippen LogP contribution in [0.2, 0.25) is 0 Å². The van der Waals surface area contributed by atoms with Crippen molar-refractivity contribution in [2.75, 3.05) is 7.05 Å². The zero-order valence-electron chi connectivity index (χ0n) is 11.5. The van der Waals surface area contributed by atoms with Gasteiger partial charge in [-0.2, -0.15) is 0 Å². The van der Waals surface area contributed by atoms with E-state index in [1.165, 1.54) is 51.4 Å². The zero-order valence-corrected chi connectivity index (χ0v) is 11.5. The maximum Gasteiger partial charge on any atom is 0.0261 e. The van der Waals surface area contributed by atoms with Gasteiger partial charge in [0.15, 0.2) is 0 Å². The minimum Gasteiger partial charge on any atom is -0.375 e. The Labute approximate surface area is 107 Å². The lowest BCUT2D eigenvalue weighted by Crippen LogP contribution is -2.20. The topological polar surface area (TPSA) is 3.24 Å². The Balaban J connectivity index is 2.07. The molecule has 2 atom stereocenters. The normalized spacial score (nSPS) is 36.4. The summed E-state index contributed by atoms with van der Waals surface area (Å²) in [6, 6.07) is 0.727. The first-order chi connectivity index (χ1) is 8.29. The number of nitrogens with zero attached hydrogens (tertiary/aromatic N) is 1. The molecule has 0 bridgehead atoms. The monoisotopic (exact) mass is 233 g/mol. The van der Waals surface area contributed by atoms with E-state index >= 15 is 0 Å². The highest BCUT2D eigenvalue weighted by Gasteiger charge is 2.29. The SMILES string of the molecule is CC1CC2CCCCCCC/C=C\C=C/2N1C. The Kier molecular flexibility index (Phi) is 4.70. The van der Waals surface area contributed by atoms with Crippen molar-refractivity contribution >= 4 is 0 Å². The molecule has 0 amide bonds. The predicted octanol–water partition coefficient (Wildman–Crippen LogP) is 4.51. The fourth-order valence-electron chi connectivity index (χ4n) is 3.20. The van der Waals surface area contributed by atoms with Crippen molar-refractivity contribution in [3.05, 3.63) is 23.9 Å². The molecular weight excluding hydrogens is 206 g/mol. The lowest BCUT2D eigenvalue weighted by atomic mass is 9.95. The van der Waals surface area contributed by atoms with Crippen LogP contribution in [0.4, 0.5) is 0 Å². The summed E-state index contributed by atoms with van der Waals surface area (Å²) in [6.45, 7) is 2.36. The number of likely N-dealkylation sites (tertiary alicyclic amines) is 1. The number of allylic oxidation sites excluding steroid dienone is 4. The Hall–Kier alpha value is -0.720. The number of fused-ring (bicyclic) bond motifs is 1. The summed E-state index contributed by atoms with van der Waals surface area (Å²) in [4.78, 5) is 2.49. The summed E-state index contributed by atoms with van der Waals surface area (Å²) in [7, 11) is 2.26. The molecule has 1 heteroatoms. The first kappa shape index (κ1) is 12.7. The van der Waals surface area contributed by atoms with Crippen LogP contribution in [-0.4, -0.2) is 18.0 Å². The largest absolute Gasteiger partial charge is 0.375 e. The molecule has 1 nitrogen and oxygen atoms in total. The van der Waals surface area contributed by atoms with E-state index in [4.69, 9.17) is 0 Å². The molecule has 1 fully saturated rings. The van der Waals surface area contributed by atoms with Gasteiger partial charge in [0.05, 0.1) is 0 Å². The fourth-order valence-corrected chi connectivity index (χ4v) is 3.20. The molecule has 0 aromatic rings. The van der Waals surface area contributed by atoms with E-state index in [1.54, 1.807) is 5.70 Å². The van der Waals surface area contributed by atoms with Crippen molar-refractivity contribution in [1.82, 2.24) is 4.90 Å². The lowest BCUT2D eigenvalue weighted by molar-refractivity contribution is 0.376. The van der Waals surface area contributed by atoms with Gasteiger partial charge in [-0.1, -0.05) is 37.8 Å². The van der Waals surface area contributed by atoms with E-state index < -0.39 is 0 Å². The average Bonchev–Trinajstić information content (AvgIpc) is 2.56. The molecule has 0 aromatic heterocycles. The molecule has 2 aliphatic rings. The number of hydrogen-bond donors (Lipinski definition) is 0. The van der Waals surface area contributed by atoms with Gasteiger partial charge in [-0.05, 0) is 38.7 Å². The van der Waals surface area contributed by atoms with Gasteiger partial charge in [0, 0.05) is 24.7 Å². The highest BCUT2D eigenvalue weighted by molar-refractivity contribution is 5.18. The molecule has 0 spiro atoms. The van der Waals surface area contributed by atoms with Crippen LogP contribution < -0.4 is 0 Å². The smallest absolute Gasteiger partial charge is 0.0261 e. The molecule has 96 valence electrons. The Morgan fingerprint density at radius 3 is 2.76 bits per heavy atom. The Morgan fingerprint density at radius 2 is 1.88 bits per heavy atom. The molecule has 2 unspecified atom stereocenters. The predicted molar refractivity (Wildman–Crippen MR) is 74.9 cm³/mol. The van der Waals surface area contributed by atoms with Crippen molar-refractivity contribution in [2.45, 2.75) is 64.3 Å². The summed E-state index contributed by atoms with van der Waals surface area (Å²) in [5.41, 5.74) is 1.58. The summed E-state index contributed by atoms with van der Waals surface area (Å²) < 4.78 is 0. The second-order valence-electron chi connectivity index (χ2n) is 5.76. The average molecular weight is 233 g/mol. The van der Waals surface area contributed by atoms with Crippen LogP contribution in [0.3, 0.4) is 0 Å². The van der Waals surface area contributed by atoms with Crippen LogP contribution >= 0.6 is 0 Å². The van der Waals surface area contributed by atoms with Gasteiger partial charge in [0.1, 0.15) is 0 Å². The van der Waals surface area contributed by atoms with Crippen molar-refractivity contribution < 1.29 is 0 Å². The maximum atomic E-state index is 2.49. The maximum absolute atomic E-state index is 2.49. The van der Waals surface area contributed by atoms with Crippen LogP contribution in [0.1, 0.15) is 58.3 Å². The lowest BCUT2D eigenvalue weighted by Gasteiger charge is -2.20. The fraction of sp³-hybridized carbons (Fsp3) is 0.750. The molecule has 1 heterocycles. The van der Waals surface area contributed by atoms with Gasteiger partial charge < -0.3 is 4.90 Å². The Morgan fingerprint density at radius 1 is 1.12 bits per heavy atom. The van der Waals surface area contributed by atoms with E-state index in [9.17, 15) is 0 Å². The van der Waals surface area contributed by atoms with Crippen molar-refractivity contribution in [3.63, 3.8) is 0 Å². The van der Waals surface area contributed by atoms with Crippen LogP contribution in [0.25, 0.3) is 0 Å². The molecule has 0 aromatic carbocycles. The third-order valence-electron chi connectivity index (χ3n) is 4.44. The molecular formula is C16H27N. The molecule has 0 saturated carbocycles. The first-order valence-corrected chi connectivity index (χ1v) is 7.38. The molecule has 17 heavy (non-hydrogen) atoms. The number of rotatable bonds is 0. The van der Waals surface area contributed by atoms with E-state index in [1.807, 2.05) is 0 Å². The van der Waals surface area contributed by atoms with Crippen LogP contribution in [0.15, 0.2) is 23.9 Å². The molecule has 0 radical (unpaired) electrons. The quantitative estimate of drug-likeness (QED) is 0.595. The van der Waals surface area contributed by atoms with Crippen LogP contribution in [-0.2, 0) is 0 Å². The van der Waals surface area contributed by atoms with Gasteiger partial charge in [-0.15, -0.1) is 0 Å². The van der Waals surface area contributed by atoms with E-state index in [-0.39, 0.29) is 0 Å². The molecule has 2 rings (SSSR count). The standard InChI is InChI=1S/C16H27N/c1-14-13-15-11-9-7-5-3-4-6-8-10-12-16(15)17(14)2/h8,10,12,14-15H,3-7,9,11,13H2,1-2H3/b10-8-,16-12+. The Bertz CT molecular complexity index is 290. The highest BCUT2D eigenvalue weighted by atomic mass is 15.2. The second-order valence-corrected chi connectivity index (χ2v) is 5.76. The summed E-state index contributed by atoms with van der Waals surface area (Å²) in [5.74, 6) is 0.819. The van der Waals surface area contributed by atoms with Crippen molar-refractivity contribution in [3.8, 4) is 0 Å². The molecule has 0 N–H and O–H groups in total. The van der Waals surface area contributed by atoms with Gasteiger partial charge in [0.2, 0.25) is 0 Å². The number of hydrogen-bond acceptors (Lipinski definition) is 1. The second kappa shape index (κ2) is 6.28. The van der Waals surface area contributed by atoms with E-state index in [0.717, 1.165) is 12.0 Å². The third kappa shape index (κ3) is 3.37. The van der Waals surface area contributed by atoms with Gasteiger partial charge in [-0.25, -0.2) is 0 Å². The minimum atomic E-state index is 0.727. The van der Waals surface area contributed by atoms with Crippen molar-refractivity contribution in [2.24, 2.45) is 5.92 Å². The van der Waals surface area contributed by atoms with Gasteiger partial charge >= 0.3 is 0 Å². The van der Waals surface area contributed by atoms with E-state index in [0.29, 0.717) is 0 Å². The minimum absolute atomic E-state index is 0.727. The molecule has 1 aliphatic carbocycles. The van der Waals surface area contributed by atoms with Crippen LogP contribution in [0, 0.1) is 5.92 Å². The molecule has 1 aliphatic heterocycles. The van der Waals surface area contributed by atoms with Gasteiger partial charge in [0.25, 0.3) is 0 Å². The first-order valence-electron chi connectivity index (χ1n) is 7.38.